The summed E-state index contributed by atoms with van der Waals surface area (Å²) in [6, 6.07) is 7.39. The van der Waals surface area contributed by atoms with Crippen LogP contribution in [-0.2, 0) is 14.3 Å². The number of thioether (sulfide) groups is 1. The molecule has 2 heterocycles. The standard InChI is InChI=1S/C18H20N2O3S/c1-5-13-16(21)20-15(12-8-6-10(2)7-9-12)14(17(22)23-4)11(3)19-18(20)24-13/h6-9,13,15H,5H2,1-4H3. The number of hydrogen-bond donors (Lipinski definition) is 0. The topological polar surface area (TPSA) is 59.0 Å². The third kappa shape index (κ3) is 2.65. The van der Waals surface area contributed by atoms with Gasteiger partial charge in [0.1, 0.15) is 0 Å². The highest BCUT2D eigenvalue weighted by molar-refractivity contribution is 8.15. The van der Waals surface area contributed by atoms with Crippen molar-refractivity contribution in [2.75, 3.05) is 7.11 Å². The minimum atomic E-state index is -0.484. The van der Waals surface area contributed by atoms with Gasteiger partial charge in [0.25, 0.3) is 0 Å². The van der Waals surface area contributed by atoms with Gasteiger partial charge < -0.3 is 4.74 Å². The minimum Gasteiger partial charge on any atom is -0.466 e. The zero-order valence-corrected chi connectivity index (χ0v) is 15.0. The third-order valence-corrected chi connectivity index (χ3v) is 5.64. The van der Waals surface area contributed by atoms with Crippen LogP contribution in [0.4, 0.5) is 0 Å². The lowest BCUT2D eigenvalue weighted by molar-refractivity contribution is -0.137. The highest BCUT2D eigenvalue weighted by Gasteiger charge is 2.46. The number of rotatable bonds is 3. The van der Waals surface area contributed by atoms with Gasteiger partial charge in [0.15, 0.2) is 5.17 Å². The van der Waals surface area contributed by atoms with Gasteiger partial charge in [-0.05, 0) is 25.8 Å². The lowest BCUT2D eigenvalue weighted by Crippen LogP contribution is -2.40. The van der Waals surface area contributed by atoms with Crippen LogP contribution in [0.3, 0.4) is 0 Å². The number of aliphatic imine (C=N–C) groups is 1. The fourth-order valence-corrected chi connectivity index (χ4v) is 4.16. The van der Waals surface area contributed by atoms with Gasteiger partial charge in [0.05, 0.1) is 29.7 Å². The quantitative estimate of drug-likeness (QED) is 0.790. The molecule has 2 aliphatic rings. The molecule has 1 aromatic carbocycles. The van der Waals surface area contributed by atoms with Gasteiger partial charge >= 0.3 is 5.97 Å². The summed E-state index contributed by atoms with van der Waals surface area (Å²) in [4.78, 5) is 31.4. The second-order valence-electron chi connectivity index (χ2n) is 5.92. The van der Waals surface area contributed by atoms with E-state index >= 15 is 0 Å². The molecule has 0 spiro atoms. The molecule has 126 valence electrons. The van der Waals surface area contributed by atoms with Crippen LogP contribution >= 0.6 is 11.8 Å². The summed E-state index contributed by atoms with van der Waals surface area (Å²) >= 11 is 1.47. The first-order chi connectivity index (χ1) is 11.5. The molecule has 2 aliphatic heterocycles. The molecule has 0 radical (unpaired) electrons. The van der Waals surface area contributed by atoms with Gasteiger partial charge in [0, 0.05) is 0 Å². The van der Waals surface area contributed by atoms with Crippen molar-refractivity contribution in [3.63, 3.8) is 0 Å². The molecule has 1 amide bonds. The highest BCUT2D eigenvalue weighted by Crippen LogP contribution is 2.43. The number of aryl methyl sites for hydroxylation is 1. The van der Waals surface area contributed by atoms with Gasteiger partial charge in [0.2, 0.25) is 5.91 Å². The highest BCUT2D eigenvalue weighted by atomic mass is 32.2. The van der Waals surface area contributed by atoms with E-state index in [0.717, 1.165) is 17.5 Å². The molecular weight excluding hydrogens is 324 g/mol. The fraction of sp³-hybridized carbons (Fsp3) is 0.389. The smallest absolute Gasteiger partial charge is 0.338 e. The van der Waals surface area contributed by atoms with E-state index in [1.54, 1.807) is 11.8 Å². The zero-order chi connectivity index (χ0) is 17.4. The van der Waals surface area contributed by atoms with Gasteiger partial charge in [-0.15, -0.1) is 0 Å². The van der Waals surface area contributed by atoms with Crippen molar-refractivity contribution in [3.05, 3.63) is 46.7 Å². The number of benzene rings is 1. The Labute approximate surface area is 145 Å². The largest absolute Gasteiger partial charge is 0.466 e. The van der Waals surface area contributed by atoms with Crippen LogP contribution in [0.15, 0.2) is 40.5 Å². The van der Waals surface area contributed by atoms with Gasteiger partial charge in [-0.25, -0.2) is 9.79 Å². The molecule has 0 N–H and O–H groups in total. The molecule has 1 fully saturated rings. The van der Waals surface area contributed by atoms with E-state index in [1.165, 1.54) is 18.9 Å². The van der Waals surface area contributed by atoms with Crippen molar-refractivity contribution in [1.29, 1.82) is 0 Å². The molecule has 0 aliphatic carbocycles. The van der Waals surface area contributed by atoms with Crippen molar-refractivity contribution in [2.24, 2.45) is 4.99 Å². The maximum Gasteiger partial charge on any atom is 0.338 e. The minimum absolute atomic E-state index is 0.000674. The van der Waals surface area contributed by atoms with E-state index in [4.69, 9.17) is 4.74 Å². The van der Waals surface area contributed by atoms with Crippen molar-refractivity contribution in [1.82, 2.24) is 4.90 Å². The first-order valence-corrected chi connectivity index (χ1v) is 8.80. The van der Waals surface area contributed by atoms with Gasteiger partial charge in [-0.3, -0.25) is 9.69 Å². The molecule has 2 unspecified atom stereocenters. The van der Waals surface area contributed by atoms with Gasteiger partial charge in [-0.1, -0.05) is 48.5 Å². The van der Waals surface area contributed by atoms with Crippen LogP contribution in [0, 0.1) is 6.92 Å². The van der Waals surface area contributed by atoms with Crippen molar-refractivity contribution in [3.8, 4) is 0 Å². The maximum absolute atomic E-state index is 12.8. The van der Waals surface area contributed by atoms with Crippen LogP contribution in [0.25, 0.3) is 0 Å². The Morgan fingerprint density at radius 1 is 1.29 bits per heavy atom. The Bertz CT molecular complexity index is 752. The first kappa shape index (κ1) is 16.8. The molecule has 0 aromatic heterocycles. The zero-order valence-electron chi connectivity index (χ0n) is 14.2. The summed E-state index contributed by atoms with van der Waals surface area (Å²) in [7, 11) is 1.35. The Balaban J connectivity index is 2.15. The van der Waals surface area contributed by atoms with Gasteiger partial charge in [-0.2, -0.15) is 0 Å². The second kappa shape index (κ2) is 6.43. The summed E-state index contributed by atoms with van der Waals surface area (Å²) in [6.07, 6.45) is 0.728. The molecule has 5 nitrogen and oxygen atoms in total. The fourth-order valence-electron chi connectivity index (χ4n) is 3.02. The van der Waals surface area contributed by atoms with E-state index in [0.29, 0.717) is 16.4 Å². The molecule has 0 saturated carbocycles. The molecular formula is C18H20N2O3S. The third-order valence-electron chi connectivity index (χ3n) is 4.32. The maximum atomic E-state index is 12.8. The number of hydrogen-bond acceptors (Lipinski definition) is 5. The number of amidine groups is 1. The van der Waals surface area contributed by atoms with Crippen LogP contribution in [0.2, 0.25) is 0 Å². The molecule has 1 saturated heterocycles. The Kier molecular flexibility index (Phi) is 4.49. The van der Waals surface area contributed by atoms with Crippen molar-refractivity contribution < 1.29 is 14.3 Å². The molecule has 1 aromatic rings. The molecule has 2 atom stereocenters. The van der Waals surface area contributed by atoms with Crippen molar-refractivity contribution >= 4 is 28.8 Å². The summed E-state index contributed by atoms with van der Waals surface area (Å²) in [5.41, 5.74) is 3.04. The number of carbonyl (C=O) groups excluding carboxylic acids is 2. The van der Waals surface area contributed by atoms with Crippen LogP contribution in [0.5, 0.6) is 0 Å². The second-order valence-corrected chi connectivity index (χ2v) is 7.09. The Hall–Kier alpha value is -2.08. The van der Waals surface area contributed by atoms with E-state index < -0.39 is 12.0 Å². The van der Waals surface area contributed by atoms with Crippen LogP contribution in [-0.4, -0.2) is 34.3 Å². The van der Waals surface area contributed by atoms with E-state index in [2.05, 4.69) is 4.99 Å². The normalized spacial score (nSPS) is 23.2. The van der Waals surface area contributed by atoms with E-state index in [-0.39, 0.29) is 11.2 Å². The number of amides is 1. The number of nitrogens with zero attached hydrogens (tertiary/aromatic N) is 2. The number of fused-ring (bicyclic) bond motifs is 1. The molecule has 6 heteroatoms. The van der Waals surface area contributed by atoms with Crippen LogP contribution < -0.4 is 0 Å². The average molecular weight is 344 g/mol. The van der Waals surface area contributed by atoms with Crippen LogP contribution in [0.1, 0.15) is 37.4 Å². The number of carbonyl (C=O) groups is 2. The van der Waals surface area contributed by atoms with E-state index in [1.807, 2.05) is 38.1 Å². The first-order valence-electron chi connectivity index (χ1n) is 7.92. The number of allylic oxidation sites excluding steroid dienone is 1. The summed E-state index contributed by atoms with van der Waals surface area (Å²) < 4.78 is 4.96. The summed E-state index contributed by atoms with van der Waals surface area (Å²) in [6.45, 7) is 5.78. The SMILES string of the molecule is CCC1SC2=NC(C)=C(C(=O)OC)C(c3ccc(C)cc3)N2C1=O. The Morgan fingerprint density at radius 3 is 2.54 bits per heavy atom. The molecule has 24 heavy (non-hydrogen) atoms. The summed E-state index contributed by atoms with van der Waals surface area (Å²) in [5.74, 6) is -0.445. The molecule has 0 bridgehead atoms. The number of methoxy groups -OCH3 is 1. The summed E-state index contributed by atoms with van der Waals surface area (Å²) in [5, 5.41) is 0.518. The van der Waals surface area contributed by atoms with E-state index in [9.17, 15) is 9.59 Å². The Morgan fingerprint density at radius 2 is 1.96 bits per heavy atom. The lowest BCUT2D eigenvalue weighted by Gasteiger charge is -2.32. The van der Waals surface area contributed by atoms with Crippen molar-refractivity contribution in [2.45, 2.75) is 38.5 Å². The molecule has 3 rings (SSSR count). The number of esters is 1. The predicted molar refractivity (Wildman–Crippen MR) is 94.6 cm³/mol. The monoisotopic (exact) mass is 344 g/mol. The number of ether oxygens (including phenoxy) is 1. The lowest BCUT2D eigenvalue weighted by atomic mass is 9.93. The average Bonchev–Trinajstić information content (AvgIpc) is 2.89. The predicted octanol–water partition coefficient (Wildman–Crippen LogP) is 3.21.